The smallest absolute Gasteiger partial charge is 0.432 e. The van der Waals surface area contributed by atoms with E-state index in [9.17, 15) is 18.0 Å². The van der Waals surface area contributed by atoms with Gasteiger partial charge in [-0.15, -0.1) is 0 Å². The number of carbonyl (C=O) groups is 1. The summed E-state index contributed by atoms with van der Waals surface area (Å²) in [5, 5.41) is 0. The highest BCUT2D eigenvalue weighted by molar-refractivity contribution is 5.83. The zero-order valence-corrected chi connectivity index (χ0v) is 24.1. The summed E-state index contributed by atoms with van der Waals surface area (Å²) in [6.07, 6.45) is -1.68. The van der Waals surface area contributed by atoms with Crippen LogP contribution in [0, 0.1) is 23.2 Å². The molecule has 0 aliphatic heterocycles. The van der Waals surface area contributed by atoms with Crippen molar-refractivity contribution in [3.05, 3.63) is 59.2 Å². The Morgan fingerprint density at radius 1 is 0.925 bits per heavy atom. The molecule has 0 aromatic heterocycles. The molecule has 0 bridgehead atoms. The fourth-order valence-electron chi connectivity index (χ4n) is 8.36. The van der Waals surface area contributed by atoms with Crippen molar-refractivity contribution in [1.82, 2.24) is 0 Å². The van der Waals surface area contributed by atoms with Crippen LogP contribution in [0.5, 0.6) is 11.5 Å². The number of methoxy groups -OCH3 is 3. The van der Waals surface area contributed by atoms with Gasteiger partial charge in [0, 0.05) is 29.7 Å². The summed E-state index contributed by atoms with van der Waals surface area (Å²) >= 11 is 0. The molecule has 0 amide bonds. The minimum Gasteiger partial charge on any atom is -0.497 e. The van der Waals surface area contributed by atoms with Crippen molar-refractivity contribution in [1.29, 1.82) is 0 Å². The van der Waals surface area contributed by atoms with Crippen molar-refractivity contribution in [2.45, 2.75) is 76.2 Å². The van der Waals surface area contributed by atoms with Crippen molar-refractivity contribution in [2.24, 2.45) is 23.2 Å². The predicted molar refractivity (Wildman–Crippen MR) is 144 cm³/mol. The molecule has 0 heterocycles. The van der Waals surface area contributed by atoms with Crippen molar-refractivity contribution < 1.29 is 36.9 Å². The minimum atomic E-state index is -5.00. The normalized spacial score (nSPS) is 30.3. The molecule has 218 valence electrons. The van der Waals surface area contributed by atoms with Gasteiger partial charge in [-0.1, -0.05) is 51.1 Å². The molecule has 2 fully saturated rings. The Bertz CT molecular complexity index is 1260. The Hall–Kier alpha value is -2.74. The van der Waals surface area contributed by atoms with Crippen molar-refractivity contribution in [2.75, 3.05) is 21.3 Å². The summed E-state index contributed by atoms with van der Waals surface area (Å²) in [5.74, 6) is 1.11. The molecule has 3 aliphatic rings. The first kappa shape index (κ1) is 28.8. The van der Waals surface area contributed by atoms with E-state index < -0.39 is 29.3 Å². The lowest BCUT2D eigenvalue weighted by molar-refractivity contribution is -0.281. The highest BCUT2D eigenvalue weighted by Gasteiger charge is 2.65. The Balaban J connectivity index is 1.43. The van der Waals surface area contributed by atoms with Crippen LogP contribution in [0.2, 0.25) is 0 Å². The van der Waals surface area contributed by atoms with Crippen LogP contribution in [0.4, 0.5) is 13.2 Å². The fraction of sp³-hybridized carbons (Fsp3) is 0.594. The van der Waals surface area contributed by atoms with Gasteiger partial charge in [0.05, 0.1) is 14.2 Å². The molecule has 5 rings (SSSR count). The average molecular weight is 561 g/mol. The van der Waals surface area contributed by atoms with Crippen LogP contribution in [0.25, 0.3) is 0 Å². The number of carbonyl (C=O) groups excluding carboxylic acids is 1. The van der Waals surface area contributed by atoms with Crippen LogP contribution in [0.1, 0.15) is 63.1 Å². The molecule has 0 radical (unpaired) electrons. The summed E-state index contributed by atoms with van der Waals surface area (Å²) in [5.41, 5.74) is -1.56. The van der Waals surface area contributed by atoms with Crippen LogP contribution in [-0.4, -0.2) is 39.6 Å². The first-order valence-electron chi connectivity index (χ1n) is 14.0. The second-order valence-corrected chi connectivity index (χ2v) is 12.4. The van der Waals surface area contributed by atoms with Gasteiger partial charge in [0.25, 0.3) is 5.60 Å². The lowest BCUT2D eigenvalue weighted by Gasteiger charge is -2.57. The van der Waals surface area contributed by atoms with E-state index in [1.807, 2.05) is 19.9 Å². The van der Waals surface area contributed by atoms with Crippen LogP contribution in [-0.2, 0) is 31.7 Å². The van der Waals surface area contributed by atoms with Gasteiger partial charge in [0.1, 0.15) is 17.6 Å². The molecular formula is C32H39F3O5. The molecule has 6 atom stereocenters. The maximum Gasteiger partial charge on any atom is 0.432 e. The summed E-state index contributed by atoms with van der Waals surface area (Å²) in [7, 11) is 4.25. The van der Waals surface area contributed by atoms with Crippen molar-refractivity contribution in [3.63, 3.8) is 0 Å². The number of hydrogen-bond acceptors (Lipinski definition) is 5. The molecule has 1 unspecified atom stereocenters. The molecule has 5 nitrogen and oxygen atoms in total. The van der Waals surface area contributed by atoms with Crippen LogP contribution >= 0.6 is 0 Å². The summed E-state index contributed by atoms with van der Waals surface area (Å²) < 4.78 is 65.7. The molecule has 2 aromatic rings. The highest BCUT2D eigenvalue weighted by atomic mass is 19.4. The predicted octanol–water partition coefficient (Wildman–Crippen LogP) is 7.00. The lowest BCUT2D eigenvalue weighted by atomic mass is 9.49. The maximum absolute atomic E-state index is 14.5. The fourth-order valence-corrected chi connectivity index (χ4v) is 8.36. The first-order valence-corrected chi connectivity index (χ1v) is 14.0. The zero-order valence-electron chi connectivity index (χ0n) is 24.1. The van der Waals surface area contributed by atoms with Crippen LogP contribution in [0.3, 0.4) is 0 Å². The number of hydrogen-bond donors (Lipinski definition) is 0. The number of fused-ring (bicyclic) bond motifs is 5. The molecular weight excluding hydrogens is 521 g/mol. The van der Waals surface area contributed by atoms with Gasteiger partial charge in [0.2, 0.25) is 0 Å². The number of benzene rings is 2. The molecule has 0 N–H and O–H groups in total. The molecule has 0 spiro atoms. The third-order valence-corrected chi connectivity index (χ3v) is 10.4. The third-order valence-electron chi connectivity index (χ3n) is 10.4. The topological polar surface area (TPSA) is 54.0 Å². The SMILES string of the molecule is COc1cc2c(c(OC)c1)[C@]1(C)CC[C@@H]3C(CC[C@H](OC(=O)[C@@](OC)(c4ccccc4)C(F)(F)F)C3(C)C)[C@H]1C2. The molecule has 0 saturated heterocycles. The van der Waals surface area contributed by atoms with Gasteiger partial charge >= 0.3 is 12.1 Å². The van der Waals surface area contributed by atoms with Gasteiger partial charge in [-0.2, -0.15) is 13.2 Å². The largest absolute Gasteiger partial charge is 0.497 e. The highest BCUT2D eigenvalue weighted by Crippen LogP contribution is 2.64. The number of alkyl halides is 3. The summed E-state index contributed by atoms with van der Waals surface area (Å²) in [6.45, 7) is 6.41. The summed E-state index contributed by atoms with van der Waals surface area (Å²) in [6, 6.07) is 11.1. The second kappa shape index (κ2) is 9.97. The van der Waals surface area contributed by atoms with Crippen LogP contribution < -0.4 is 9.47 Å². The number of halogens is 3. The molecule has 8 heteroatoms. The van der Waals surface area contributed by atoms with Gasteiger partial charge in [-0.05, 0) is 66.9 Å². The quantitative estimate of drug-likeness (QED) is 0.356. The van der Waals surface area contributed by atoms with Crippen LogP contribution in [0.15, 0.2) is 42.5 Å². The first-order chi connectivity index (χ1) is 18.8. The van der Waals surface area contributed by atoms with E-state index in [2.05, 4.69) is 13.0 Å². The Morgan fingerprint density at radius 3 is 2.23 bits per heavy atom. The number of ether oxygens (including phenoxy) is 4. The third kappa shape index (κ3) is 4.12. The standard InChI is InChI=1S/C32H39F3O5/c1-29(2)23-14-15-30(3)24(17-19-16-21(37-4)18-25(38-5)27(19)30)22(23)12-13-26(29)40-28(36)31(39-6,32(33,34)35)20-10-8-7-9-11-20/h7-11,16,18,22-24,26H,12-15,17H2,1-6H3/t22?,23-,24-,26+,30-,31+/m1/s1. The molecule has 40 heavy (non-hydrogen) atoms. The van der Waals surface area contributed by atoms with Gasteiger partial charge < -0.3 is 18.9 Å². The van der Waals surface area contributed by atoms with Crippen molar-refractivity contribution in [3.8, 4) is 11.5 Å². The monoisotopic (exact) mass is 560 g/mol. The molecule has 3 aliphatic carbocycles. The van der Waals surface area contributed by atoms with E-state index in [4.69, 9.17) is 18.9 Å². The van der Waals surface area contributed by atoms with E-state index in [0.29, 0.717) is 18.3 Å². The number of esters is 1. The Labute approximate surface area is 234 Å². The van der Waals surface area contributed by atoms with E-state index in [-0.39, 0.29) is 16.9 Å². The Kier molecular flexibility index (Phi) is 7.17. The molecule has 2 saturated carbocycles. The van der Waals surface area contributed by atoms with E-state index >= 15 is 0 Å². The second-order valence-electron chi connectivity index (χ2n) is 12.4. The van der Waals surface area contributed by atoms with Crippen molar-refractivity contribution >= 4 is 5.97 Å². The number of rotatable bonds is 6. The van der Waals surface area contributed by atoms with E-state index in [1.165, 1.54) is 35.4 Å². The summed E-state index contributed by atoms with van der Waals surface area (Å²) in [4.78, 5) is 13.5. The Morgan fingerprint density at radius 2 is 1.62 bits per heavy atom. The zero-order chi connectivity index (χ0) is 29.1. The van der Waals surface area contributed by atoms with E-state index in [1.54, 1.807) is 20.3 Å². The van der Waals surface area contributed by atoms with E-state index in [0.717, 1.165) is 44.3 Å². The molecule has 2 aromatic carbocycles. The maximum atomic E-state index is 14.5. The van der Waals surface area contributed by atoms with Gasteiger partial charge in [0.15, 0.2) is 0 Å². The van der Waals surface area contributed by atoms with Gasteiger partial charge in [-0.25, -0.2) is 4.79 Å². The minimum absolute atomic E-state index is 0.0670. The lowest BCUT2D eigenvalue weighted by Crippen LogP contribution is -2.57. The van der Waals surface area contributed by atoms with Gasteiger partial charge in [-0.3, -0.25) is 0 Å². The average Bonchev–Trinajstić information content (AvgIpc) is 3.22.